The van der Waals surface area contributed by atoms with Crippen molar-refractivity contribution in [1.29, 1.82) is 0 Å². The number of nitrogens with zero attached hydrogens (tertiary/aromatic N) is 3. The zero-order chi connectivity index (χ0) is 28.2. The molecule has 0 bridgehead atoms. The summed E-state index contributed by atoms with van der Waals surface area (Å²) < 4.78 is 104. The molecule has 0 N–H and O–H groups in total. The third-order valence-electron chi connectivity index (χ3n) is 3.81. The van der Waals surface area contributed by atoms with Gasteiger partial charge in [0.1, 0.15) is 23.9 Å². The van der Waals surface area contributed by atoms with Crippen molar-refractivity contribution in [2.75, 3.05) is 13.2 Å². The Morgan fingerprint density at radius 2 is 2.00 bits per heavy atom. The number of benzene rings is 2. The van der Waals surface area contributed by atoms with Gasteiger partial charge in [-0.3, -0.25) is 4.79 Å². The van der Waals surface area contributed by atoms with Crippen LogP contribution in [0.1, 0.15) is 34.1 Å². The molecule has 0 spiro atoms. The fourth-order valence-corrected chi connectivity index (χ4v) is 2.55. The minimum absolute atomic E-state index is 0.288. The zero-order valence-corrected chi connectivity index (χ0v) is 15.5. The van der Waals surface area contributed by atoms with Gasteiger partial charge in [-0.15, -0.1) is 0 Å². The predicted octanol–water partition coefficient (Wildman–Crippen LogP) is 4.17. The van der Waals surface area contributed by atoms with Crippen molar-refractivity contribution in [3.63, 3.8) is 0 Å². The maximum absolute atomic E-state index is 13.6. The lowest BCUT2D eigenvalue weighted by Gasteiger charge is -2.19. The molecule has 0 unspecified atom stereocenters. The van der Waals surface area contributed by atoms with Crippen LogP contribution >= 0.6 is 0 Å². The molecule has 2 heterocycles. The van der Waals surface area contributed by atoms with Crippen LogP contribution in [0.5, 0.6) is 11.5 Å². The van der Waals surface area contributed by atoms with Gasteiger partial charge in [-0.25, -0.2) is 9.97 Å². The average Bonchev–Trinajstić information content (AvgIpc) is 3.03. The number of amides is 1. The summed E-state index contributed by atoms with van der Waals surface area (Å²) in [7, 11) is 0. The van der Waals surface area contributed by atoms with Gasteiger partial charge < -0.3 is 14.4 Å². The summed E-state index contributed by atoms with van der Waals surface area (Å²) in [6, 6.07) is -2.23. The molecule has 1 amide bonds. The van der Waals surface area contributed by atoms with Crippen molar-refractivity contribution in [2.24, 2.45) is 0 Å². The molecule has 0 fully saturated rings. The quantitative estimate of drug-likeness (QED) is 0.621. The lowest BCUT2D eigenvalue weighted by atomic mass is 10.0. The Balaban J connectivity index is 1.93. The summed E-state index contributed by atoms with van der Waals surface area (Å²) in [4.78, 5) is 22.1. The van der Waals surface area contributed by atoms with Crippen molar-refractivity contribution in [1.82, 2.24) is 14.9 Å². The van der Waals surface area contributed by atoms with Crippen LogP contribution in [0.3, 0.4) is 0 Å². The van der Waals surface area contributed by atoms with Crippen LogP contribution in [-0.4, -0.2) is 40.0 Å². The second-order valence-corrected chi connectivity index (χ2v) is 6.13. The Hall–Kier alpha value is -3.55. The van der Waals surface area contributed by atoms with E-state index in [1.807, 2.05) is 0 Å². The van der Waals surface area contributed by atoms with Gasteiger partial charge >= 0.3 is 6.11 Å². The van der Waals surface area contributed by atoms with Gasteiger partial charge in [0.2, 0.25) is 0 Å². The van der Waals surface area contributed by atoms with E-state index in [1.165, 1.54) is 18.5 Å². The van der Waals surface area contributed by atoms with E-state index in [1.54, 1.807) is 0 Å². The molecular weight excluding hydrogens is 392 g/mol. The number of hydrogen-bond donors (Lipinski definition) is 0. The first-order valence-corrected chi connectivity index (χ1v) is 8.70. The van der Waals surface area contributed by atoms with E-state index < -0.39 is 83.0 Å². The molecule has 4 rings (SSSR count). The lowest BCUT2D eigenvalue weighted by molar-refractivity contribution is -0.158. The molecular formula is C22H19F2N3O3. The second kappa shape index (κ2) is 8.06. The van der Waals surface area contributed by atoms with Crippen molar-refractivity contribution in [3.05, 3.63) is 72.2 Å². The number of carbonyl (C=O) groups is 1. The summed E-state index contributed by atoms with van der Waals surface area (Å²) in [5.74, 6) is -2.77. The van der Waals surface area contributed by atoms with Crippen LogP contribution in [0.15, 0.2) is 60.8 Å². The molecule has 6 nitrogen and oxygen atoms in total. The van der Waals surface area contributed by atoms with Crippen molar-refractivity contribution < 1.29 is 34.0 Å². The van der Waals surface area contributed by atoms with Gasteiger partial charge in [-0.2, -0.15) is 8.78 Å². The summed E-state index contributed by atoms with van der Waals surface area (Å²) in [5, 5.41) is 0. The van der Waals surface area contributed by atoms with E-state index in [0.717, 1.165) is 6.07 Å². The molecule has 2 aromatic carbocycles. The molecule has 0 saturated heterocycles. The molecule has 3 aromatic rings. The van der Waals surface area contributed by atoms with Crippen LogP contribution < -0.4 is 9.47 Å². The lowest BCUT2D eigenvalue weighted by Crippen LogP contribution is -2.32. The molecule has 0 atom stereocenters. The highest BCUT2D eigenvalue weighted by atomic mass is 19.3. The number of hydrogen-bond acceptors (Lipinski definition) is 5. The highest BCUT2D eigenvalue weighted by molar-refractivity contribution is 5.98. The average molecular weight is 419 g/mol. The van der Waals surface area contributed by atoms with E-state index in [0.29, 0.717) is 11.8 Å². The first-order valence-electron chi connectivity index (χ1n) is 12.7. The van der Waals surface area contributed by atoms with Crippen LogP contribution in [0.2, 0.25) is 0 Å². The number of ether oxygens (including phenoxy) is 2. The number of aromatic nitrogens is 2. The Morgan fingerprint density at radius 3 is 2.77 bits per heavy atom. The summed E-state index contributed by atoms with van der Waals surface area (Å²) in [6.45, 7) is -2.78. The predicted molar refractivity (Wildman–Crippen MR) is 105 cm³/mol. The molecule has 1 aromatic heterocycles. The van der Waals surface area contributed by atoms with Crippen LogP contribution in [0.25, 0.3) is 11.1 Å². The molecule has 1 aliphatic rings. The minimum Gasteiger partial charge on any atom is -0.491 e. The Kier molecular flexibility index (Phi) is 3.28. The summed E-state index contributed by atoms with van der Waals surface area (Å²) >= 11 is 0. The number of carbonyl (C=O) groups excluding carboxylic acids is 1. The zero-order valence-electron chi connectivity index (χ0n) is 23.5. The Labute approximate surface area is 183 Å². The number of fused-ring (bicyclic) bond motifs is 1. The van der Waals surface area contributed by atoms with Gasteiger partial charge in [-0.05, 0) is 41.4 Å². The van der Waals surface area contributed by atoms with E-state index >= 15 is 0 Å². The second-order valence-electron chi connectivity index (χ2n) is 6.13. The number of halogens is 2. The van der Waals surface area contributed by atoms with Gasteiger partial charge in [0, 0.05) is 19.3 Å². The van der Waals surface area contributed by atoms with Gasteiger partial charge in [-0.1, -0.05) is 18.2 Å². The first-order chi connectivity index (χ1) is 17.7. The van der Waals surface area contributed by atoms with E-state index in [-0.39, 0.29) is 19.0 Å². The number of alkyl halides is 2. The monoisotopic (exact) mass is 419 g/mol. The molecule has 0 saturated carbocycles. The van der Waals surface area contributed by atoms with Crippen LogP contribution in [-0.2, 0) is 6.50 Å². The smallest absolute Gasteiger partial charge is 0.394 e. The van der Waals surface area contributed by atoms with Crippen LogP contribution in [0.4, 0.5) is 8.78 Å². The maximum Gasteiger partial charge on any atom is 0.394 e. The fourth-order valence-electron chi connectivity index (χ4n) is 2.55. The molecule has 30 heavy (non-hydrogen) atoms. The number of rotatable bonds is 5. The summed E-state index contributed by atoms with van der Waals surface area (Å²) in [5.41, 5.74) is -1.52. The molecule has 0 radical (unpaired) electrons. The van der Waals surface area contributed by atoms with Gasteiger partial charge in [0.15, 0.2) is 0 Å². The first kappa shape index (κ1) is 12.2. The molecule has 154 valence electrons. The van der Waals surface area contributed by atoms with Crippen LogP contribution in [0, 0.1) is 0 Å². The van der Waals surface area contributed by atoms with E-state index in [9.17, 15) is 13.6 Å². The maximum atomic E-state index is 13.6. The fraction of sp³-hybridized carbons (Fsp3) is 0.227. The van der Waals surface area contributed by atoms with Crippen molar-refractivity contribution >= 4 is 5.91 Å². The van der Waals surface area contributed by atoms with Gasteiger partial charge in [0.25, 0.3) is 5.91 Å². The largest absolute Gasteiger partial charge is 0.491 e. The van der Waals surface area contributed by atoms with Crippen molar-refractivity contribution in [2.45, 2.75) is 19.5 Å². The topological polar surface area (TPSA) is 64.6 Å². The van der Waals surface area contributed by atoms with Gasteiger partial charge in [0.05, 0.1) is 29.6 Å². The Morgan fingerprint density at radius 1 is 1.23 bits per heavy atom. The highest BCUT2D eigenvalue weighted by Crippen LogP contribution is 2.31. The van der Waals surface area contributed by atoms with Crippen molar-refractivity contribution in [3.8, 4) is 22.6 Å². The molecule has 8 heteroatoms. The highest BCUT2D eigenvalue weighted by Gasteiger charge is 2.25. The third-order valence-corrected chi connectivity index (χ3v) is 3.81. The third kappa shape index (κ3) is 4.53. The Bertz CT molecular complexity index is 1440. The van der Waals surface area contributed by atoms with E-state index in [2.05, 4.69) is 14.7 Å². The molecule has 0 aliphatic carbocycles. The SMILES string of the molecule is [2H]c1cc(-c2c([2H])c([2H])c3c(c2[2H])C(=O)N(C([2H])([2H])c2ncccn2)CCO3)c([2H])c([2H])c1OC(C)(F)F. The summed E-state index contributed by atoms with van der Waals surface area (Å²) in [6.07, 6.45) is -1.19. The van der Waals surface area contributed by atoms with E-state index in [4.69, 9.17) is 15.7 Å². The minimum atomic E-state index is -3.76. The standard InChI is InChI=1S/C22H19F2N3O3/c1-22(23,24)30-17-6-3-15(4-7-17)16-5-8-19-18(13-16)21(28)27(11-12-29-19)14-20-25-9-2-10-26-20/h2-10,13H,11-12,14H2,1H3/i3D,5D,6D,7D,8D,13D,14D2. The normalized spacial score (nSPS) is 18.2. The molecule has 1 aliphatic heterocycles.